The van der Waals surface area contributed by atoms with Gasteiger partial charge in [-0.1, -0.05) is 29.6 Å². The van der Waals surface area contributed by atoms with Crippen molar-refractivity contribution in [1.82, 2.24) is 0 Å². The minimum atomic E-state index is -1.23. The van der Waals surface area contributed by atoms with E-state index in [1.165, 1.54) is 0 Å². The Balaban J connectivity index is 2.68. The fraction of sp³-hybridized carbons (Fsp3) is 1.00. The van der Waals surface area contributed by atoms with Crippen molar-refractivity contribution < 1.29 is 19.2 Å². The van der Waals surface area contributed by atoms with Gasteiger partial charge in [-0.25, -0.2) is 0 Å². The van der Waals surface area contributed by atoms with Gasteiger partial charge in [-0.3, -0.25) is 0 Å². The van der Waals surface area contributed by atoms with Gasteiger partial charge in [-0.05, 0) is 6.92 Å². The fourth-order valence-electron chi connectivity index (χ4n) is 1.56. The molecule has 1 fully saturated rings. The predicted molar refractivity (Wildman–Crippen MR) is 65.1 cm³/mol. The molecule has 1 saturated heterocycles. The molecule has 7 heteroatoms. The van der Waals surface area contributed by atoms with Crippen LogP contribution in [0.4, 0.5) is 0 Å². The Hall–Kier alpha value is 0.450. The molecule has 1 N–H and O–H groups in total. The van der Waals surface area contributed by atoms with Gasteiger partial charge in [0.25, 0.3) is 14.9 Å². The van der Waals surface area contributed by atoms with Crippen molar-refractivity contribution in [2.45, 2.75) is 43.4 Å². The van der Waals surface area contributed by atoms with Crippen molar-refractivity contribution >= 4 is 30.8 Å². The molecule has 86 valence electrons. The number of rotatable bonds is 5. The van der Waals surface area contributed by atoms with Gasteiger partial charge in [0.05, 0.1) is 6.61 Å². The minimum absolute atomic E-state index is 0.153. The van der Waals surface area contributed by atoms with Crippen molar-refractivity contribution in [2.75, 3.05) is 6.61 Å². The van der Waals surface area contributed by atoms with E-state index < -0.39 is 37.7 Å². The van der Waals surface area contributed by atoms with Gasteiger partial charge in [0, 0.05) is 2.67 Å². The Morgan fingerprint density at radius 1 is 1.60 bits per heavy atom. The minimum Gasteiger partial charge on any atom is -0.437 e. The Bertz CT molecular complexity index is 258. The van der Waals surface area contributed by atoms with Crippen LogP contribution in [0.5, 0.6) is 0 Å². The van der Waals surface area contributed by atoms with Gasteiger partial charge >= 0.3 is 0 Å². The van der Waals surface area contributed by atoms with E-state index in [0.717, 1.165) is 0 Å². The second kappa shape index (κ2) is 5.68. The summed E-state index contributed by atoms with van der Waals surface area (Å²) < 4.78 is 30.7. The quantitative estimate of drug-likeness (QED) is 0.571. The molecule has 0 radical (unpaired) electrons. The molecule has 15 heavy (non-hydrogen) atoms. The number of aliphatic hydroxyl groups is 1. The molecule has 0 saturated carbocycles. The molecule has 1 rings (SSSR count). The highest BCUT2D eigenvalue weighted by atomic mass is 79.9. The van der Waals surface area contributed by atoms with E-state index >= 15 is 0 Å². The van der Waals surface area contributed by atoms with Crippen LogP contribution in [0.3, 0.4) is 0 Å². The lowest BCUT2D eigenvalue weighted by molar-refractivity contribution is -0.0286. The van der Waals surface area contributed by atoms with Crippen LogP contribution >= 0.6 is 15.9 Å². The molecule has 4 atom stereocenters. The van der Waals surface area contributed by atoms with E-state index in [1.54, 1.807) is 20.6 Å². The highest BCUT2D eigenvalue weighted by molar-refractivity contribution is 9.09. The summed E-state index contributed by atoms with van der Waals surface area (Å²) in [6, 6.07) is 0. The normalized spacial score (nSPS) is 42.3. The summed E-state index contributed by atoms with van der Waals surface area (Å²) in [6.45, 7) is 4.91. The van der Waals surface area contributed by atoms with Gasteiger partial charge in [0.15, 0.2) is 0 Å². The summed E-state index contributed by atoms with van der Waals surface area (Å²) in [6.07, 6.45) is -1.15. The van der Waals surface area contributed by atoms with Gasteiger partial charge in [-0.15, -0.1) is 0 Å². The predicted octanol–water partition coefficient (Wildman–Crippen LogP) is 0.0582. The number of halogens is 1. The Labute approximate surface area is 103 Å². The average Bonchev–Trinajstić information content (AvgIpc) is 2.38. The maximum atomic E-state index is 10.2. The number of hydrogen-bond donors (Lipinski definition) is 1. The van der Waals surface area contributed by atoms with E-state index in [1.807, 2.05) is 0 Å². The molecule has 0 unspecified atom stereocenters. The van der Waals surface area contributed by atoms with E-state index in [-0.39, 0.29) is 6.61 Å². The monoisotopic (exact) mass is 280 g/mol. The van der Waals surface area contributed by atoms with Crippen molar-refractivity contribution in [1.29, 1.82) is 2.67 Å². The van der Waals surface area contributed by atoms with Crippen LogP contribution in [0.15, 0.2) is 0 Å². The molecule has 0 aliphatic carbocycles. The molecular weight excluding hydrogens is 262 g/mol. The lowest BCUT2D eigenvalue weighted by atomic mass is 9.95. The number of alkyl halides is 1. The largest absolute Gasteiger partial charge is 0.437 e. The van der Waals surface area contributed by atoms with Crippen molar-refractivity contribution in [3.8, 4) is 0 Å². The zero-order valence-electron chi connectivity index (χ0n) is 11.1. The van der Waals surface area contributed by atoms with Gasteiger partial charge in [0.2, 0.25) is 0 Å². The molecule has 0 bridgehead atoms. The first-order valence-electron chi connectivity index (χ1n) is 6.04. The maximum Gasteiger partial charge on any atom is 0.272 e. The second-order valence-electron chi connectivity index (χ2n) is 3.58. The second-order valence-corrected chi connectivity index (χ2v) is 4.41. The van der Waals surface area contributed by atoms with Crippen molar-refractivity contribution in [3.05, 3.63) is 0 Å². The summed E-state index contributed by atoms with van der Waals surface area (Å²) in [5, 5.41) is 9.65. The molecule has 0 spiro atoms. The van der Waals surface area contributed by atoms with Crippen molar-refractivity contribution in [2.24, 2.45) is 0 Å². The summed E-state index contributed by atoms with van der Waals surface area (Å²) >= 11 is 3.22. The van der Waals surface area contributed by atoms with Crippen LogP contribution in [0.25, 0.3) is 0 Å². The first-order valence-corrected chi connectivity index (χ1v) is 5.80. The molecular formula is C8H17B2BrO4. The molecule has 1 aliphatic rings. The van der Waals surface area contributed by atoms with Gasteiger partial charge < -0.3 is 19.2 Å². The Kier molecular flexibility index (Phi) is 4.01. The van der Waals surface area contributed by atoms with Crippen LogP contribution < -0.4 is 0 Å². The zero-order chi connectivity index (χ0) is 13.2. The first-order chi connectivity index (χ1) is 7.75. The van der Waals surface area contributed by atoms with Crippen LogP contribution in [-0.2, 0) is 14.0 Å². The molecule has 0 amide bonds. The lowest BCUT2D eigenvalue weighted by Crippen LogP contribution is -2.46. The third-order valence-corrected chi connectivity index (χ3v) is 3.52. The van der Waals surface area contributed by atoms with E-state index in [0.29, 0.717) is 0 Å². The van der Waals surface area contributed by atoms with Crippen LogP contribution in [-0.4, -0.2) is 52.1 Å². The highest BCUT2D eigenvalue weighted by Gasteiger charge is 2.51. The van der Waals surface area contributed by atoms with Crippen LogP contribution in [0, 0.1) is 0 Å². The smallest absolute Gasteiger partial charge is 0.272 e. The molecule has 1 heterocycles. The molecule has 4 nitrogen and oxygen atoms in total. The third kappa shape index (κ3) is 2.97. The summed E-state index contributed by atoms with van der Waals surface area (Å²) in [5.74, 6) is 0. The van der Waals surface area contributed by atoms with E-state index in [4.69, 9.17) is 16.7 Å². The molecule has 0 aromatic carbocycles. The Morgan fingerprint density at radius 2 is 2.27 bits per heavy atom. The topological polar surface area (TPSA) is 47.9 Å². The molecule has 0 aromatic rings. The maximum absolute atomic E-state index is 10.2. The Morgan fingerprint density at radius 3 is 2.80 bits per heavy atom. The molecule has 0 aromatic heterocycles. The third-order valence-electron chi connectivity index (χ3n) is 2.38. The first kappa shape index (κ1) is 10.6. The van der Waals surface area contributed by atoms with Crippen LogP contribution in [0.1, 0.15) is 6.92 Å². The van der Waals surface area contributed by atoms with E-state index in [9.17, 15) is 5.11 Å². The standard InChI is InChI=1S/C8H17B2BrO4/c1-8(12)6(15-10-3)5(4-13-9-2)14-7(8)11/h5-7,9-10,12H,4H2,1-3H3/t5-,6-,7+,8-/m1/s1/i9D,10D. The summed E-state index contributed by atoms with van der Waals surface area (Å²) in [7, 11) is -1.42. The highest BCUT2D eigenvalue weighted by Crippen LogP contribution is 2.36. The summed E-state index contributed by atoms with van der Waals surface area (Å²) in [4.78, 5) is 0. The fourth-order valence-corrected chi connectivity index (χ4v) is 2.10. The zero-order valence-corrected chi connectivity index (χ0v) is 10.7. The van der Waals surface area contributed by atoms with Crippen molar-refractivity contribution in [3.63, 3.8) is 0 Å². The van der Waals surface area contributed by atoms with Gasteiger partial charge in [0.1, 0.15) is 22.8 Å². The lowest BCUT2D eigenvalue weighted by Gasteiger charge is -2.28. The number of hydrogen-bond acceptors (Lipinski definition) is 4. The molecule has 1 aliphatic heterocycles. The van der Waals surface area contributed by atoms with Crippen LogP contribution in [0.2, 0.25) is 13.6 Å². The van der Waals surface area contributed by atoms with E-state index in [2.05, 4.69) is 15.9 Å². The summed E-state index contributed by atoms with van der Waals surface area (Å²) in [5.41, 5.74) is -1.23. The van der Waals surface area contributed by atoms with Gasteiger partial charge in [-0.2, -0.15) is 0 Å². The average molecular weight is 281 g/mol. The number of ether oxygens (including phenoxy) is 1. The SMILES string of the molecule is [2H]B(C)OC[C@H]1O[C@H](Br)[C@](C)(O)[C@@H]1OB([2H])C.